The van der Waals surface area contributed by atoms with Crippen molar-refractivity contribution < 1.29 is 33.9 Å². The fourth-order valence-electron chi connectivity index (χ4n) is 5.12. The van der Waals surface area contributed by atoms with E-state index in [2.05, 4.69) is 16.0 Å². The molecule has 40 heavy (non-hydrogen) atoms. The van der Waals surface area contributed by atoms with E-state index in [1.54, 1.807) is 36.9 Å². The Balaban J connectivity index is 1.91. The first-order chi connectivity index (χ1) is 19.2. The van der Waals surface area contributed by atoms with Crippen molar-refractivity contribution in [3.63, 3.8) is 0 Å². The standard InChI is InChI=1S/C28H41N5O7/c1-4-17(2)24-28(38)33-15-7-9-22(33)27(37)29-20(8-5-6-10-23(34)32-39)25(35)30-21(26(36)31-24)16-18-11-13-19(40-3)14-12-18/h11-14,17,20-22,24,39H,4-10,15-16H2,1-3H3,(H,29,37)(H,30,35)(H,31,36)(H,32,34)/t17?,20-,21+,22+,24?/m0/s1. The largest absolute Gasteiger partial charge is 0.497 e. The minimum Gasteiger partial charge on any atom is -0.497 e. The minimum atomic E-state index is -1.01. The van der Waals surface area contributed by atoms with Crippen molar-refractivity contribution in [1.29, 1.82) is 0 Å². The third kappa shape index (κ3) is 7.93. The predicted molar refractivity (Wildman–Crippen MR) is 145 cm³/mol. The van der Waals surface area contributed by atoms with Crippen LogP contribution in [0.15, 0.2) is 24.3 Å². The van der Waals surface area contributed by atoms with Crippen LogP contribution >= 0.6 is 0 Å². The molecule has 2 aliphatic heterocycles. The van der Waals surface area contributed by atoms with Gasteiger partial charge in [-0.15, -0.1) is 0 Å². The van der Waals surface area contributed by atoms with Gasteiger partial charge in [0.25, 0.3) is 0 Å². The molecule has 3 rings (SSSR count). The first kappa shape index (κ1) is 30.9. The highest BCUT2D eigenvalue weighted by molar-refractivity contribution is 5.98. The van der Waals surface area contributed by atoms with Gasteiger partial charge in [-0.1, -0.05) is 38.8 Å². The Bertz CT molecular complexity index is 1060. The zero-order valence-electron chi connectivity index (χ0n) is 23.4. The zero-order chi connectivity index (χ0) is 29.2. The lowest BCUT2D eigenvalue weighted by Crippen LogP contribution is -2.62. The van der Waals surface area contributed by atoms with Gasteiger partial charge in [0.05, 0.1) is 7.11 Å². The van der Waals surface area contributed by atoms with Crippen molar-refractivity contribution in [3.8, 4) is 5.75 Å². The maximum Gasteiger partial charge on any atom is 0.246 e. The van der Waals surface area contributed by atoms with E-state index in [9.17, 15) is 24.0 Å². The molecule has 1 aromatic carbocycles. The highest BCUT2D eigenvalue weighted by atomic mass is 16.5. The summed E-state index contributed by atoms with van der Waals surface area (Å²) < 4.78 is 5.21. The van der Waals surface area contributed by atoms with Crippen molar-refractivity contribution in [2.75, 3.05) is 13.7 Å². The number of amides is 5. The maximum absolute atomic E-state index is 13.7. The normalized spacial score (nSPS) is 24.6. The molecule has 220 valence electrons. The Morgan fingerprint density at radius 1 is 1.05 bits per heavy atom. The van der Waals surface area contributed by atoms with E-state index in [0.29, 0.717) is 44.4 Å². The number of hydroxylamine groups is 1. The Hall–Kier alpha value is -3.67. The highest BCUT2D eigenvalue weighted by Crippen LogP contribution is 2.23. The van der Waals surface area contributed by atoms with E-state index >= 15 is 0 Å². The predicted octanol–water partition coefficient (Wildman–Crippen LogP) is 0.809. The van der Waals surface area contributed by atoms with Crippen LogP contribution in [-0.4, -0.2) is 77.5 Å². The van der Waals surface area contributed by atoms with Gasteiger partial charge in [0.2, 0.25) is 29.5 Å². The number of hydrogen-bond donors (Lipinski definition) is 5. The second-order valence-electron chi connectivity index (χ2n) is 10.5. The van der Waals surface area contributed by atoms with Crippen molar-refractivity contribution in [2.24, 2.45) is 5.92 Å². The molecule has 2 aliphatic rings. The molecule has 1 aromatic rings. The number of carbonyl (C=O) groups is 5. The number of unbranched alkanes of at least 4 members (excludes halogenated alkanes) is 1. The molecule has 5 N–H and O–H groups in total. The average molecular weight is 560 g/mol. The summed E-state index contributed by atoms with van der Waals surface area (Å²) in [5.74, 6) is -1.81. The monoisotopic (exact) mass is 559 g/mol. The van der Waals surface area contributed by atoms with Gasteiger partial charge in [-0.2, -0.15) is 0 Å². The summed E-state index contributed by atoms with van der Waals surface area (Å²) in [6.07, 6.45) is 2.95. The fraction of sp³-hybridized carbons (Fsp3) is 0.607. The second-order valence-corrected chi connectivity index (χ2v) is 10.5. The number of carbonyl (C=O) groups excluding carboxylic acids is 5. The molecule has 2 unspecified atom stereocenters. The Labute approximate surface area is 234 Å². The molecule has 0 aromatic heterocycles. The fourth-order valence-corrected chi connectivity index (χ4v) is 5.12. The first-order valence-corrected chi connectivity index (χ1v) is 14.0. The van der Waals surface area contributed by atoms with E-state index in [-0.39, 0.29) is 31.1 Å². The van der Waals surface area contributed by atoms with E-state index in [1.165, 1.54) is 4.90 Å². The highest BCUT2D eigenvalue weighted by Gasteiger charge is 2.41. The quantitative estimate of drug-likeness (QED) is 0.161. The van der Waals surface area contributed by atoms with Crippen LogP contribution in [-0.2, 0) is 30.4 Å². The molecule has 0 aliphatic carbocycles. The lowest BCUT2D eigenvalue weighted by Gasteiger charge is -2.34. The number of nitrogens with zero attached hydrogens (tertiary/aromatic N) is 1. The molecule has 5 amide bonds. The molecule has 2 heterocycles. The van der Waals surface area contributed by atoms with Gasteiger partial charge in [-0.25, -0.2) is 5.48 Å². The van der Waals surface area contributed by atoms with Crippen LogP contribution in [0.4, 0.5) is 0 Å². The molecule has 12 heteroatoms. The molecule has 0 bridgehead atoms. The Morgan fingerprint density at radius 3 is 2.38 bits per heavy atom. The Kier molecular flexibility index (Phi) is 11.3. The number of fused-ring (bicyclic) bond motifs is 1. The van der Waals surface area contributed by atoms with Crippen LogP contribution < -0.4 is 26.2 Å². The van der Waals surface area contributed by atoms with E-state index in [0.717, 1.165) is 5.56 Å². The smallest absolute Gasteiger partial charge is 0.246 e. The Morgan fingerprint density at radius 2 is 1.73 bits per heavy atom. The topological polar surface area (TPSA) is 166 Å². The molecule has 2 saturated heterocycles. The van der Waals surface area contributed by atoms with Crippen LogP contribution in [0, 0.1) is 5.92 Å². The maximum atomic E-state index is 13.7. The summed E-state index contributed by atoms with van der Waals surface area (Å²) in [5.41, 5.74) is 2.35. The van der Waals surface area contributed by atoms with Gasteiger partial charge in [0.1, 0.15) is 29.9 Å². The van der Waals surface area contributed by atoms with Gasteiger partial charge in [-0.3, -0.25) is 29.2 Å². The molecular formula is C28H41N5O7. The molecule has 5 atom stereocenters. The van der Waals surface area contributed by atoms with Gasteiger partial charge in [0.15, 0.2) is 0 Å². The number of ether oxygens (including phenoxy) is 1. The minimum absolute atomic E-state index is 0.0587. The van der Waals surface area contributed by atoms with Crippen LogP contribution in [0.2, 0.25) is 0 Å². The van der Waals surface area contributed by atoms with Gasteiger partial charge >= 0.3 is 0 Å². The number of benzene rings is 1. The summed E-state index contributed by atoms with van der Waals surface area (Å²) in [4.78, 5) is 67.1. The summed E-state index contributed by atoms with van der Waals surface area (Å²) in [6, 6.07) is 3.56. The third-order valence-electron chi connectivity index (χ3n) is 7.75. The summed E-state index contributed by atoms with van der Waals surface area (Å²) in [5, 5.41) is 17.2. The van der Waals surface area contributed by atoms with Crippen LogP contribution in [0.3, 0.4) is 0 Å². The lowest BCUT2D eigenvalue weighted by atomic mass is 9.95. The number of hydrogen-bond acceptors (Lipinski definition) is 7. The van der Waals surface area contributed by atoms with Gasteiger partial charge < -0.3 is 25.6 Å². The summed E-state index contributed by atoms with van der Waals surface area (Å²) in [6.45, 7) is 4.20. The number of methoxy groups -OCH3 is 1. The molecular weight excluding hydrogens is 518 g/mol. The molecule has 12 nitrogen and oxygen atoms in total. The van der Waals surface area contributed by atoms with E-state index in [4.69, 9.17) is 9.94 Å². The lowest BCUT2D eigenvalue weighted by molar-refractivity contribution is -0.144. The molecule has 0 spiro atoms. The van der Waals surface area contributed by atoms with E-state index < -0.39 is 47.8 Å². The first-order valence-electron chi connectivity index (χ1n) is 14.0. The third-order valence-corrected chi connectivity index (χ3v) is 7.75. The van der Waals surface area contributed by atoms with Crippen molar-refractivity contribution in [1.82, 2.24) is 26.3 Å². The molecule has 0 saturated carbocycles. The molecule has 2 fully saturated rings. The van der Waals surface area contributed by atoms with Crippen molar-refractivity contribution in [3.05, 3.63) is 29.8 Å². The van der Waals surface area contributed by atoms with Gasteiger partial charge in [0, 0.05) is 19.4 Å². The number of rotatable bonds is 10. The van der Waals surface area contributed by atoms with Crippen LogP contribution in [0.5, 0.6) is 5.75 Å². The summed E-state index contributed by atoms with van der Waals surface area (Å²) in [7, 11) is 1.55. The average Bonchev–Trinajstić information content (AvgIpc) is 3.46. The van der Waals surface area contributed by atoms with Crippen molar-refractivity contribution >= 4 is 29.5 Å². The van der Waals surface area contributed by atoms with Crippen LogP contribution in [0.1, 0.15) is 64.4 Å². The summed E-state index contributed by atoms with van der Waals surface area (Å²) >= 11 is 0. The van der Waals surface area contributed by atoms with Gasteiger partial charge in [-0.05, 0) is 49.3 Å². The zero-order valence-corrected chi connectivity index (χ0v) is 23.4. The van der Waals surface area contributed by atoms with E-state index in [1.807, 2.05) is 13.8 Å². The van der Waals surface area contributed by atoms with Crippen molar-refractivity contribution in [2.45, 2.75) is 89.4 Å². The SMILES string of the molecule is CCC(C)C1NC(=O)[C@@H](Cc2ccc(OC)cc2)NC(=O)[C@H](CCCCC(=O)NO)NC(=O)[C@H]2CCCN2C1=O. The second kappa shape index (κ2) is 14.6. The van der Waals surface area contributed by atoms with Crippen LogP contribution in [0.25, 0.3) is 0 Å². The molecule has 0 radical (unpaired) electrons. The number of nitrogens with one attached hydrogen (secondary N) is 4.